The molecule has 1 fully saturated rings. The van der Waals surface area contributed by atoms with Crippen LogP contribution in [0.25, 0.3) is 0 Å². The van der Waals surface area contributed by atoms with E-state index in [0.29, 0.717) is 24.3 Å². The van der Waals surface area contributed by atoms with Crippen LogP contribution in [0.1, 0.15) is 40.7 Å². The van der Waals surface area contributed by atoms with E-state index < -0.39 is 0 Å². The zero-order valence-corrected chi connectivity index (χ0v) is 16.3. The highest BCUT2D eigenvalue weighted by Crippen LogP contribution is 2.21. The van der Waals surface area contributed by atoms with Crippen LogP contribution in [0.4, 0.5) is 11.4 Å². The van der Waals surface area contributed by atoms with Gasteiger partial charge in [0.25, 0.3) is 5.91 Å². The third-order valence-corrected chi connectivity index (χ3v) is 5.04. The van der Waals surface area contributed by atoms with Crippen LogP contribution in [0, 0.1) is 6.92 Å². The van der Waals surface area contributed by atoms with E-state index in [1.165, 1.54) is 6.42 Å². The van der Waals surface area contributed by atoms with Crippen LogP contribution < -0.4 is 16.4 Å². The lowest BCUT2D eigenvalue weighted by Gasteiger charge is -2.25. The van der Waals surface area contributed by atoms with Crippen LogP contribution in [-0.2, 0) is 11.3 Å². The number of nitrogens with one attached hydrogen (secondary N) is 2. The molecule has 1 aliphatic rings. The Morgan fingerprint density at radius 2 is 1.71 bits per heavy atom. The Bertz CT molecular complexity index is 827. The fourth-order valence-electron chi connectivity index (χ4n) is 3.34. The van der Waals surface area contributed by atoms with E-state index in [2.05, 4.69) is 15.5 Å². The van der Waals surface area contributed by atoms with Crippen molar-refractivity contribution in [2.75, 3.05) is 30.3 Å². The van der Waals surface area contributed by atoms with Gasteiger partial charge in [0.1, 0.15) is 0 Å². The lowest BCUT2D eigenvalue weighted by atomic mass is 10.1. The number of aryl methyl sites for hydroxylation is 1. The zero-order chi connectivity index (χ0) is 19.9. The van der Waals surface area contributed by atoms with Crippen LogP contribution >= 0.6 is 0 Å². The standard InChI is InChI=1S/C22H28N4O2/c1-16-5-10-19(24-22(28)18-8-6-17(14-23)7-9-18)13-20(16)25-21(27)15-26-11-3-2-4-12-26/h5-10,13H,2-4,11-12,14-15,23H2,1H3,(H,24,28)(H,25,27). The fourth-order valence-corrected chi connectivity index (χ4v) is 3.34. The van der Waals surface area contributed by atoms with Gasteiger partial charge < -0.3 is 16.4 Å². The van der Waals surface area contributed by atoms with Crippen LogP contribution in [-0.4, -0.2) is 36.3 Å². The van der Waals surface area contributed by atoms with Gasteiger partial charge in [-0.05, 0) is 68.2 Å². The third-order valence-electron chi connectivity index (χ3n) is 5.04. The molecule has 1 saturated heterocycles. The summed E-state index contributed by atoms with van der Waals surface area (Å²) in [6, 6.07) is 12.7. The second kappa shape index (κ2) is 9.48. The topological polar surface area (TPSA) is 87.5 Å². The van der Waals surface area contributed by atoms with Crippen molar-refractivity contribution < 1.29 is 9.59 Å². The average molecular weight is 380 g/mol. The van der Waals surface area contributed by atoms with Crippen molar-refractivity contribution in [3.63, 3.8) is 0 Å². The zero-order valence-electron chi connectivity index (χ0n) is 16.3. The molecule has 4 N–H and O–H groups in total. The van der Waals surface area contributed by atoms with E-state index >= 15 is 0 Å². The van der Waals surface area contributed by atoms with Gasteiger partial charge in [-0.2, -0.15) is 0 Å². The third kappa shape index (κ3) is 5.41. The number of rotatable bonds is 6. The number of benzene rings is 2. The molecule has 0 unspecified atom stereocenters. The first kappa shape index (κ1) is 20.0. The maximum absolute atomic E-state index is 12.5. The Balaban J connectivity index is 1.63. The monoisotopic (exact) mass is 380 g/mol. The van der Waals surface area contributed by atoms with Gasteiger partial charge in [-0.3, -0.25) is 14.5 Å². The Morgan fingerprint density at radius 3 is 2.39 bits per heavy atom. The molecule has 2 aromatic carbocycles. The molecule has 148 valence electrons. The van der Waals surface area contributed by atoms with Crippen LogP contribution in [0.2, 0.25) is 0 Å². The van der Waals surface area contributed by atoms with Gasteiger partial charge in [-0.15, -0.1) is 0 Å². The maximum Gasteiger partial charge on any atom is 0.255 e. The molecule has 2 aromatic rings. The van der Waals surface area contributed by atoms with E-state index in [1.807, 2.05) is 31.2 Å². The summed E-state index contributed by atoms with van der Waals surface area (Å²) in [6.45, 7) is 4.74. The first-order chi connectivity index (χ1) is 13.5. The SMILES string of the molecule is Cc1ccc(NC(=O)c2ccc(CN)cc2)cc1NC(=O)CN1CCCCC1. The molecule has 0 bridgehead atoms. The molecule has 6 heteroatoms. The maximum atomic E-state index is 12.5. The first-order valence-corrected chi connectivity index (χ1v) is 9.78. The first-order valence-electron chi connectivity index (χ1n) is 9.78. The molecule has 0 atom stereocenters. The summed E-state index contributed by atoms with van der Waals surface area (Å²) in [6.07, 6.45) is 3.55. The lowest BCUT2D eigenvalue weighted by Crippen LogP contribution is -2.36. The summed E-state index contributed by atoms with van der Waals surface area (Å²) >= 11 is 0. The molecule has 0 spiro atoms. The van der Waals surface area contributed by atoms with Gasteiger partial charge in [0, 0.05) is 23.5 Å². The molecule has 0 aromatic heterocycles. The van der Waals surface area contributed by atoms with E-state index in [0.717, 1.165) is 42.7 Å². The van der Waals surface area contributed by atoms with Gasteiger partial charge in [0.2, 0.25) is 5.91 Å². The van der Waals surface area contributed by atoms with E-state index in [9.17, 15) is 9.59 Å². The van der Waals surface area contributed by atoms with Gasteiger partial charge in [0.05, 0.1) is 6.54 Å². The second-order valence-corrected chi connectivity index (χ2v) is 7.27. The number of nitrogens with zero attached hydrogens (tertiary/aromatic N) is 1. The normalized spacial score (nSPS) is 14.5. The molecule has 0 aliphatic carbocycles. The van der Waals surface area contributed by atoms with Crippen molar-refractivity contribution in [1.29, 1.82) is 0 Å². The summed E-state index contributed by atoms with van der Waals surface area (Å²) < 4.78 is 0. The average Bonchev–Trinajstić information content (AvgIpc) is 2.71. The smallest absolute Gasteiger partial charge is 0.255 e. The number of amides is 2. The number of carbonyl (C=O) groups excluding carboxylic acids is 2. The molecule has 28 heavy (non-hydrogen) atoms. The molecule has 0 radical (unpaired) electrons. The number of carbonyl (C=O) groups is 2. The highest BCUT2D eigenvalue weighted by Gasteiger charge is 2.15. The Labute approximate surface area is 166 Å². The quantitative estimate of drug-likeness (QED) is 0.718. The molecule has 3 rings (SSSR count). The number of hydrogen-bond acceptors (Lipinski definition) is 4. The minimum atomic E-state index is -0.196. The lowest BCUT2D eigenvalue weighted by molar-refractivity contribution is -0.117. The number of anilines is 2. The predicted octanol–water partition coefficient (Wildman–Crippen LogP) is 3.13. The molecule has 1 heterocycles. The van der Waals surface area contributed by atoms with Crippen molar-refractivity contribution >= 4 is 23.2 Å². The summed E-state index contributed by atoms with van der Waals surface area (Å²) in [5, 5.41) is 5.87. The Morgan fingerprint density at radius 1 is 1.00 bits per heavy atom. The Hall–Kier alpha value is -2.70. The molecular formula is C22H28N4O2. The highest BCUT2D eigenvalue weighted by molar-refractivity contribution is 6.04. The summed E-state index contributed by atoms with van der Waals surface area (Å²) in [4.78, 5) is 27.0. The van der Waals surface area contributed by atoms with E-state index in [4.69, 9.17) is 5.73 Å². The van der Waals surface area contributed by atoms with Gasteiger partial charge >= 0.3 is 0 Å². The number of piperidine rings is 1. The van der Waals surface area contributed by atoms with Crippen molar-refractivity contribution in [1.82, 2.24) is 4.90 Å². The number of nitrogens with two attached hydrogens (primary N) is 1. The minimum Gasteiger partial charge on any atom is -0.326 e. The molecule has 2 amide bonds. The molecule has 1 aliphatic heterocycles. The summed E-state index contributed by atoms with van der Waals surface area (Å²) in [5.41, 5.74) is 9.45. The Kier molecular flexibility index (Phi) is 6.79. The van der Waals surface area contributed by atoms with Gasteiger partial charge in [-0.25, -0.2) is 0 Å². The van der Waals surface area contributed by atoms with E-state index in [-0.39, 0.29) is 11.8 Å². The van der Waals surface area contributed by atoms with Crippen molar-refractivity contribution in [2.45, 2.75) is 32.7 Å². The van der Waals surface area contributed by atoms with Crippen LogP contribution in [0.15, 0.2) is 42.5 Å². The van der Waals surface area contributed by atoms with Crippen molar-refractivity contribution in [3.8, 4) is 0 Å². The fraction of sp³-hybridized carbons (Fsp3) is 0.364. The van der Waals surface area contributed by atoms with E-state index in [1.54, 1.807) is 18.2 Å². The molecule has 0 saturated carbocycles. The van der Waals surface area contributed by atoms with Gasteiger partial charge in [-0.1, -0.05) is 24.6 Å². The number of likely N-dealkylation sites (tertiary alicyclic amines) is 1. The second-order valence-electron chi connectivity index (χ2n) is 7.27. The van der Waals surface area contributed by atoms with Crippen LogP contribution in [0.3, 0.4) is 0 Å². The predicted molar refractivity (Wildman–Crippen MR) is 112 cm³/mol. The van der Waals surface area contributed by atoms with Crippen molar-refractivity contribution in [3.05, 3.63) is 59.2 Å². The summed E-state index contributed by atoms with van der Waals surface area (Å²) in [5.74, 6) is -0.219. The van der Waals surface area contributed by atoms with Crippen molar-refractivity contribution in [2.24, 2.45) is 5.73 Å². The molecule has 6 nitrogen and oxygen atoms in total. The number of hydrogen-bond donors (Lipinski definition) is 3. The van der Waals surface area contributed by atoms with Gasteiger partial charge in [0.15, 0.2) is 0 Å². The summed E-state index contributed by atoms with van der Waals surface area (Å²) in [7, 11) is 0. The largest absolute Gasteiger partial charge is 0.326 e. The van der Waals surface area contributed by atoms with Crippen LogP contribution in [0.5, 0.6) is 0 Å². The molecular weight excluding hydrogens is 352 g/mol. The highest BCUT2D eigenvalue weighted by atomic mass is 16.2. The minimum absolute atomic E-state index is 0.0224.